The van der Waals surface area contributed by atoms with E-state index in [1.807, 2.05) is 0 Å². The minimum Gasteiger partial charge on any atom is -0.508 e. The van der Waals surface area contributed by atoms with E-state index in [1.165, 1.54) is 39.4 Å². The van der Waals surface area contributed by atoms with Crippen LogP contribution in [0, 0.1) is 17.8 Å². The molecule has 0 bridgehead atoms. The summed E-state index contributed by atoms with van der Waals surface area (Å²) in [5, 5.41) is 12.3. The standard InChI is InChI=1S/C29H24Cl3F3N4O6/c1-37-25(43)27(31)11-16-13(21(28(27,32)26(37)44)15-10-12(45-3)4-8-18(15)40)5-6-14-20(16)24(42)39(23(14)41)38(2)22-17(30)7-9-19(36-22)29(33,34)35/h4-5,7-10,14,16,20-21,40H,6,11H2,1-3H3. The molecule has 2 saturated heterocycles. The summed E-state index contributed by atoms with van der Waals surface area (Å²) in [6.45, 7) is 0. The number of fused-ring (bicyclic) bond motifs is 4. The van der Waals surface area contributed by atoms with Crippen molar-refractivity contribution < 1.29 is 42.2 Å². The molecule has 4 amide bonds. The van der Waals surface area contributed by atoms with Gasteiger partial charge in [0.25, 0.3) is 23.6 Å². The van der Waals surface area contributed by atoms with Gasteiger partial charge in [-0.2, -0.15) is 18.2 Å². The lowest BCUT2D eigenvalue weighted by atomic mass is 9.56. The smallest absolute Gasteiger partial charge is 0.433 e. The van der Waals surface area contributed by atoms with Gasteiger partial charge in [-0.1, -0.05) is 23.3 Å². The van der Waals surface area contributed by atoms with E-state index < -0.39 is 74.7 Å². The number of phenols is 1. The van der Waals surface area contributed by atoms with Crippen molar-refractivity contribution in [1.82, 2.24) is 14.9 Å². The van der Waals surface area contributed by atoms with E-state index in [2.05, 4.69) is 4.98 Å². The van der Waals surface area contributed by atoms with E-state index in [0.717, 1.165) is 16.0 Å². The number of nitrogens with zero attached hydrogens (tertiary/aromatic N) is 4. The van der Waals surface area contributed by atoms with Crippen molar-refractivity contribution in [1.29, 1.82) is 0 Å². The van der Waals surface area contributed by atoms with E-state index in [1.54, 1.807) is 6.08 Å². The number of rotatable bonds is 4. The number of methoxy groups -OCH3 is 1. The molecule has 16 heteroatoms. The van der Waals surface area contributed by atoms with Gasteiger partial charge in [-0.3, -0.25) is 29.1 Å². The van der Waals surface area contributed by atoms with Crippen molar-refractivity contribution in [2.24, 2.45) is 17.8 Å². The van der Waals surface area contributed by atoms with E-state index >= 15 is 0 Å². The molecular formula is C29H24Cl3F3N4O6. The normalized spacial score (nSPS) is 31.1. The van der Waals surface area contributed by atoms with Gasteiger partial charge in [0, 0.05) is 25.6 Å². The van der Waals surface area contributed by atoms with Gasteiger partial charge in [0.1, 0.15) is 17.2 Å². The molecule has 6 unspecified atom stereocenters. The summed E-state index contributed by atoms with van der Waals surface area (Å²) >= 11 is 20.4. The van der Waals surface area contributed by atoms with E-state index in [9.17, 15) is 37.5 Å². The van der Waals surface area contributed by atoms with Crippen molar-refractivity contribution in [3.63, 3.8) is 0 Å². The first-order valence-corrected chi connectivity index (χ1v) is 14.7. The Labute approximate surface area is 269 Å². The Morgan fingerprint density at radius 1 is 1.07 bits per heavy atom. The van der Waals surface area contributed by atoms with Gasteiger partial charge in [0.2, 0.25) is 0 Å². The zero-order valence-corrected chi connectivity index (χ0v) is 26.0. The number of likely N-dealkylation sites (tertiary alicyclic amines) is 1. The largest absolute Gasteiger partial charge is 0.508 e. The third kappa shape index (κ3) is 4.19. The molecule has 3 heterocycles. The molecule has 10 nitrogen and oxygen atoms in total. The number of allylic oxidation sites excluding steroid dienone is 2. The number of halogens is 6. The maximum absolute atomic E-state index is 14.1. The summed E-state index contributed by atoms with van der Waals surface area (Å²) in [7, 11) is 3.81. The lowest BCUT2D eigenvalue weighted by Crippen LogP contribution is -2.60. The van der Waals surface area contributed by atoms with Crippen LogP contribution in [0.4, 0.5) is 19.0 Å². The first-order chi connectivity index (χ1) is 21.0. The van der Waals surface area contributed by atoms with Crippen LogP contribution in [-0.2, 0) is 25.4 Å². The molecule has 0 spiro atoms. The minimum atomic E-state index is -4.82. The van der Waals surface area contributed by atoms with Crippen molar-refractivity contribution in [3.05, 3.63) is 58.3 Å². The van der Waals surface area contributed by atoms with Crippen LogP contribution in [-0.4, -0.2) is 74.6 Å². The maximum Gasteiger partial charge on any atom is 0.433 e. The van der Waals surface area contributed by atoms with Crippen molar-refractivity contribution in [2.45, 2.75) is 34.7 Å². The molecular weight excluding hydrogens is 664 g/mol. The van der Waals surface area contributed by atoms with Gasteiger partial charge in [-0.25, -0.2) is 4.98 Å². The highest BCUT2D eigenvalue weighted by molar-refractivity contribution is 6.53. The number of carbonyl (C=O) groups is 4. The summed E-state index contributed by atoms with van der Waals surface area (Å²) < 4.78 is 45.7. The molecule has 238 valence electrons. The van der Waals surface area contributed by atoms with Crippen LogP contribution in [0.5, 0.6) is 11.5 Å². The number of amides is 4. The number of phenolic OH excluding ortho intramolecular Hbond substituents is 1. The van der Waals surface area contributed by atoms with Crippen molar-refractivity contribution >= 4 is 64.2 Å². The molecule has 1 aromatic carbocycles. The molecule has 1 N–H and O–H groups in total. The zero-order valence-electron chi connectivity index (χ0n) is 23.7. The van der Waals surface area contributed by atoms with Gasteiger partial charge in [-0.05, 0) is 49.1 Å². The van der Waals surface area contributed by atoms with Crippen LogP contribution < -0.4 is 9.75 Å². The lowest BCUT2D eigenvalue weighted by molar-refractivity contribution is -0.141. The van der Waals surface area contributed by atoms with Crippen LogP contribution in [0.1, 0.15) is 30.0 Å². The summed E-state index contributed by atoms with van der Waals surface area (Å²) in [4.78, 5) is 55.3. The Balaban J connectivity index is 1.47. The molecule has 1 saturated carbocycles. The second-order valence-electron chi connectivity index (χ2n) is 11.4. The quantitative estimate of drug-likeness (QED) is 0.284. The van der Waals surface area contributed by atoms with Crippen LogP contribution in [0.3, 0.4) is 0 Å². The van der Waals surface area contributed by atoms with E-state index in [-0.39, 0.29) is 29.2 Å². The number of imide groups is 2. The molecule has 0 radical (unpaired) electrons. The molecule has 45 heavy (non-hydrogen) atoms. The van der Waals surface area contributed by atoms with E-state index in [0.29, 0.717) is 22.4 Å². The number of aromatic nitrogens is 1. The fourth-order valence-corrected chi connectivity index (χ4v) is 8.41. The average molecular weight is 688 g/mol. The Bertz CT molecular complexity index is 1720. The third-order valence-electron chi connectivity index (χ3n) is 9.26. The predicted octanol–water partition coefficient (Wildman–Crippen LogP) is 4.51. The molecule has 2 aromatic rings. The highest BCUT2D eigenvalue weighted by atomic mass is 35.5. The number of benzene rings is 1. The first-order valence-electron chi connectivity index (χ1n) is 13.6. The van der Waals surface area contributed by atoms with Crippen LogP contribution >= 0.6 is 34.8 Å². The summed E-state index contributed by atoms with van der Waals surface area (Å²) in [6, 6.07) is 5.90. The monoisotopic (exact) mass is 686 g/mol. The van der Waals surface area contributed by atoms with Gasteiger partial charge in [-0.15, -0.1) is 23.2 Å². The Morgan fingerprint density at radius 3 is 2.40 bits per heavy atom. The fourth-order valence-electron chi connectivity index (χ4n) is 7.17. The molecule has 6 rings (SSSR count). The first kappa shape index (κ1) is 31.4. The summed E-state index contributed by atoms with van der Waals surface area (Å²) in [5.74, 6) is -7.91. The second-order valence-corrected chi connectivity index (χ2v) is 13.1. The van der Waals surface area contributed by atoms with Gasteiger partial charge >= 0.3 is 6.18 Å². The minimum absolute atomic E-state index is 0.0172. The SMILES string of the molecule is COc1ccc(O)c(C2C3=CCC4C(=O)N(N(C)c5nc(C(F)(F)F)ccc5Cl)C(=O)C4C3CC3(Cl)C(=O)N(C)C(=O)C23Cl)c1. The Morgan fingerprint density at radius 2 is 1.76 bits per heavy atom. The van der Waals surface area contributed by atoms with Crippen molar-refractivity contribution in [2.75, 3.05) is 26.2 Å². The number of hydrogen-bond acceptors (Lipinski definition) is 8. The molecule has 2 aliphatic carbocycles. The fraction of sp³-hybridized carbons (Fsp3) is 0.414. The topological polar surface area (TPSA) is 120 Å². The zero-order chi connectivity index (χ0) is 33.0. The number of carbonyl (C=O) groups excluding carboxylic acids is 4. The van der Waals surface area contributed by atoms with Gasteiger partial charge < -0.3 is 9.84 Å². The number of hydrogen-bond donors (Lipinski definition) is 1. The third-order valence-corrected chi connectivity index (χ3v) is 11.0. The van der Waals surface area contributed by atoms with E-state index in [4.69, 9.17) is 39.5 Å². The van der Waals surface area contributed by atoms with Gasteiger partial charge in [0.15, 0.2) is 15.6 Å². The number of pyridine rings is 1. The Hall–Kier alpha value is -3.55. The number of ether oxygens (including phenoxy) is 1. The van der Waals surface area contributed by atoms with Crippen LogP contribution in [0.2, 0.25) is 5.02 Å². The maximum atomic E-state index is 14.1. The molecule has 4 aliphatic rings. The lowest BCUT2D eigenvalue weighted by Gasteiger charge is -2.50. The molecule has 3 fully saturated rings. The van der Waals surface area contributed by atoms with Crippen LogP contribution in [0.15, 0.2) is 42.0 Å². The number of anilines is 1. The highest BCUT2D eigenvalue weighted by Crippen LogP contribution is 2.66. The summed E-state index contributed by atoms with van der Waals surface area (Å²) in [6.07, 6.45) is -3.51. The average Bonchev–Trinajstić information content (AvgIpc) is 3.31. The van der Waals surface area contributed by atoms with Crippen molar-refractivity contribution in [3.8, 4) is 11.5 Å². The van der Waals surface area contributed by atoms with Crippen LogP contribution in [0.25, 0.3) is 0 Å². The Kier molecular flexibility index (Phi) is 7.15. The highest BCUT2D eigenvalue weighted by Gasteiger charge is 2.76. The number of alkyl halides is 5. The number of aromatic hydroxyl groups is 1. The van der Waals surface area contributed by atoms with Gasteiger partial charge in [0.05, 0.1) is 24.0 Å². The molecule has 2 aliphatic heterocycles. The molecule has 1 aromatic heterocycles. The summed E-state index contributed by atoms with van der Waals surface area (Å²) in [5.41, 5.74) is -0.757. The second kappa shape index (κ2) is 10.2. The predicted molar refractivity (Wildman–Crippen MR) is 155 cm³/mol. The number of hydrazine groups is 1. The molecule has 6 atom stereocenters.